The fraction of sp³-hybridized carbons (Fsp3) is 0.800. The highest BCUT2D eigenvalue weighted by molar-refractivity contribution is 5.30. The van der Waals surface area contributed by atoms with Gasteiger partial charge in [0.25, 0.3) is 0 Å². The smallest absolute Gasteiger partial charge is 0.204 e. The fourth-order valence-corrected chi connectivity index (χ4v) is 3.11. The Balaban J connectivity index is 1.99. The van der Waals surface area contributed by atoms with Crippen molar-refractivity contribution in [3.8, 4) is 0 Å². The van der Waals surface area contributed by atoms with Crippen molar-refractivity contribution in [2.45, 2.75) is 52.1 Å². The Bertz CT molecular complexity index is 420. The number of imidazole rings is 1. The summed E-state index contributed by atoms with van der Waals surface area (Å²) in [6.07, 6.45) is 7.35. The van der Waals surface area contributed by atoms with Crippen molar-refractivity contribution in [3.05, 3.63) is 11.9 Å². The highest BCUT2D eigenvalue weighted by Gasteiger charge is 2.31. The van der Waals surface area contributed by atoms with Crippen LogP contribution in [0.4, 0.5) is 5.95 Å². The summed E-state index contributed by atoms with van der Waals surface area (Å²) in [4.78, 5) is 6.51. The van der Waals surface area contributed by atoms with Gasteiger partial charge in [-0.1, -0.05) is 26.7 Å². The van der Waals surface area contributed by atoms with E-state index >= 15 is 0 Å². The zero-order valence-electron chi connectivity index (χ0n) is 13.0. The average molecular weight is 264 g/mol. The normalized spacial score (nSPS) is 22.5. The quantitative estimate of drug-likeness (QED) is 0.907. The summed E-state index contributed by atoms with van der Waals surface area (Å²) < 4.78 is 2.17. The predicted molar refractivity (Wildman–Crippen MR) is 80.4 cm³/mol. The number of hydrogen-bond acceptors (Lipinski definition) is 3. The van der Waals surface area contributed by atoms with E-state index in [-0.39, 0.29) is 0 Å². The maximum Gasteiger partial charge on any atom is 0.204 e. The van der Waals surface area contributed by atoms with Crippen LogP contribution in [0.25, 0.3) is 0 Å². The Kier molecular flexibility index (Phi) is 4.19. The molecule has 0 saturated heterocycles. The summed E-state index contributed by atoms with van der Waals surface area (Å²) in [7, 11) is 6.15. The second kappa shape index (κ2) is 5.53. The van der Waals surface area contributed by atoms with E-state index in [9.17, 15) is 0 Å². The molecular formula is C15H28N4. The lowest BCUT2D eigenvalue weighted by atomic mass is 9.73. The van der Waals surface area contributed by atoms with Crippen molar-refractivity contribution < 1.29 is 0 Å². The van der Waals surface area contributed by atoms with E-state index in [1.54, 1.807) is 0 Å². The Morgan fingerprint density at radius 2 is 2.16 bits per heavy atom. The summed E-state index contributed by atoms with van der Waals surface area (Å²) in [5, 5.41) is 3.74. The predicted octanol–water partition coefficient (Wildman–Crippen LogP) is 2.54. The Hall–Kier alpha value is -1.03. The third-order valence-electron chi connectivity index (χ3n) is 4.50. The van der Waals surface area contributed by atoms with Crippen molar-refractivity contribution in [2.24, 2.45) is 12.5 Å². The molecular weight excluding hydrogens is 236 g/mol. The van der Waals surface area contributed by atoms with Crippen molar-refractivity contribution >= 4 is 5.95 Å². The Morgan fingerprint density at radius 1 is 1.42 bits per heavy atom. The number of hydrogen-bond donors (Lipinski definition) is 1. The third-order valence-corrected chi connectivity index (χ3v) is 4.50. The molecule has 0 bridgehead atoms. The highest BCUT2D eigenvalue weighted by atomic mass is 15.3. The van der Waals surface area contributed by atoms with Gasteiger partial charge in [0.15, 0.2) is 0 Å². The zero-order valence-corrected chi connectivity index (χ0v) is 13.0. The second-order valence-electron chi connectivity index (χ2n) is 6.67. The van der Waals surface area contributed by atoms with Crippen LogP contribution in [0.15, 0.2) is 6.20 Å². The van der Waals surface area contributed by atoms with Gasteiger partial charge in [-0.05, 0) is 18.3 Å². The number of anilines is 1. The van der Waals surface area contributed by atoms with Crippen LogP contribution in [0.5, 0.6) is 0 Å². The highest BCUT2D eigenvalue weighted by Crippen LogP contribution is 2.35. The van der Waals surface area contributed by atoms with Crippen molar-refractivity contribution in [1.82, 2.24) is 14.9 Å². The Labute approximate surface area is 117 Å². The van der Waals surface area contributed by atoms with Gasteiger partial charge in [0, 0.05) is 33.7 Å². The minimum atomic E-state index is 0.418. The molecule has 0 spiro atoms. The van der Waals surface area contributed by atoms with Gasteiger partial charge in [0.05, 0.1) is 11.9 Å². The first-order valence-electron chi connectivity index (χ1n) is 7.33. The number of nitrogens with one attached hydrogen (secondary N) is 1. The molecule has 0 aromatic carbocycles. The van der Waals surface area contributed by atoms with Gasteiger partial charge >= 0.3 is 0 Å². The van der Waals surface area contributed by atoms with Crippen LogP contribution in [-0.2, 0) is 13.6 Å². The lowest BCUT2D eigenvalue weighted by Gasteiger charge is -2.39. The first-order valence-corrected chi connectivity index (χ1v) is 7.33. The van der Waals surface area contributed by atoms with Gasteiger partial charge in [-0.3, -0.25) is 0 Å². The molecule has 0 aliphatic heterocycles. The average Bonchev–Trinajstić information content (AvgIpc) is 2.69. The van der Waals surface area contributed by atoms with Crippen LogP contribution in [0.1, 0.15) is 45.2 Å². The summed E-state index contributed by atoms with van der Waals surface area (Å²) in [5.74, 6) is 1.01. The molecule has 4 heteroatoms. The first kappa shape index (κ1) is 14.4. The molecule has 108 valence electrons. The van der Waals surface area contributed by atoms with Crippen LogP contribution in [0, 0.1) is 5.41 Å². The molecule has 19 heavy (non-hydrogen) atoms. The van der Waals surface area contributed by atoms with Crippen molar-refractivity contribution in [2.75, 3.05) is 19.0 Å². The van der Waals surface area contributed by atoms with Gasteiger partial charge in [0.1, 0.15) is 0 Å². The van der Waals surface area contributed by atoms with Crippen LogP contribution in [-0.4, -0.2) is 29.7 Å². The third kappa shape index (κ3) is 3.11. The zero-order chi connectivity index (χ0) is 14.0. The second-order valence-corrected chi connectivity index (χ2v) is 6.67. The van der Waals surface area contributed by atoms with Crippen molar-refractivity contribution in [3.63, 3.8) is 0 Å². The molecule has 1 aromatic rings. The maximum atomic E-state index is 4.46. The number of aromatic nitrogens is 2. The number of rotatable bonds is 4. The topological polar surface area (TPSA) is 33.1 Å². The summed E-state index contributed by atoms with van der Waals surface area (Å²) in [5.41, 5.74) is 1.67. The molecule has 1 aliphatic carbocycles. The largest absolute Gasteiger partial charge is 0.348 e. The maximum absolute atomic E-state index is 4.46. The molecule has 0 radical (unpaired) electrons. The summed E-state index contributed by atoms with van der Waals surface area (Å²) in [6.45, 7) is 5.68. The molecule has 2 rings (SSSR count). The summed E-state index contributed by atoms with van der Waals surface area (Å²) in [6, 6.07) is 0.624. The van der Waals surface area contributed by atoms with Gasteiger partial charge in [-0.15, -0.1) is 0 Å². The van der Waals surface area contributed by atoms with Gasteiger partial charge in [0.2, 0.25) is 5.95 Å². The lowest BCUT2D eigenvalue weighted by molar-refractivity contribution is 0.166. The number of nitrogens with zero attached hydrogens (tertiary/aromatic N) is 3. The molecule has 1 aromatic heterocycles. The minimum Gasteiger partial charge on any atom is -0.348 e. The molecule has 1 N–H and O–H groups in total. The molecule has 1 saturated carbocycles. The van der Waals surface area contributed by atoms with E-state index in [0.717, 1.165) is 12.5 Å². The van der Waals surface area contributed by atoms with Gasteiger partial charge < -0.3 is 14.8 Å². The molecule has 4 nitrogen and oxygen atoms in total. The van der Waals surface area contributed by atoms with Crippen LogP contribution in [0.3, 0.4) is 0 Å². The molecule has 1 atom stereocenters. The van der Waals surface area contributed by atoms with E-state index in [0.29, 0.717) is 11.5 Å². The first-order chi connectivity index (χ1) is 8.92. The molecule has 1 fully saturated rings. The monoisotopic (exact) mass is 264 g/mol. The molecule has 0 amide bonds. The van der Waals surface area contributed by atoms with Gasteiger partial charge in [-0.25, -0.2) is 4.98 Å². The Morgan fingerprint density at radius 3 is 2.74 bits per heavy atom. The van der Waals surface area contributed by atoms with Crippen molar-refractivity contribution in [1.29, 1.82) is 0 Å². The van der Waals surface area contributed by atoms with Crippen LogP contribution < -0.4 is 10.2 Å². The van der Waals surface area contributed by atoms with Gasteiger partial charge in [-0.2, -0.15) is 0 Å². The standard InChI is InChI=1S/C15H28N4/c1-15(2)9-7-6-8-13(15)16-10-12-11-17-14(18(3)4)19(12)5/h11,13,16H,6-10H2,1-5H3. The van der Waals surface area contributed by atoms with E-state index in [2.05, 4.69) is 35.8 Å². The molecule has 1 aliphatic rings. The van der Waals surface area contributed by atoms with E-state index in [1.165, 1.54) is 31.4 Å². The van der Waals surface area contributed by atoms with E-state index in [4.69, 9.17) is 0 Å². The minimum absolute atomic E-state index is 0.418. The lowest BCUT2D eigenvalue weighted by Crippen LogP contribution is -2.43. The van der Waals surface area contributed by atoms with Crippen LogP contribution >= 0.6 is 0 Å². The van der Waals surface area contributed by atoms with E-state index in [1.807, 2.05) is 25.2 Å². The molecule has 1 unspecified atom stereocenters. The van der Waals surface area contributed by atoms with E-state index < -0.39 is 0 Å². The SMILES string of the molecule is CN(C)c1ncc(CNC2CCCCC2(C)C)n1C. The fourth-order valence-electron chi connectivity index (χ4n) is 3.11. The summed E-state index contributed by atoms with van der Waals surface area (Å²) >= 11 is 0. The van der Waals surface area contributed by atoms with Crippen LogP contribution in [0.2, 0.25) is 0 Å². The molecule has 1 heterocycles.